The average Bonchev–Trinajstić information content (AvgIpc) is 2.93. The molecule has 1 saturated heterocycles. The molecular weight excluding hydrogens is 297 g/mol. The van der Waals surface area contributed by atoms with Crippen molar-refractivity contribution >= 4 is 34.9 Å². The number of rotatable bonds is 4. The molecule has 1 unspecified atom stereocenters. The van der Waals surface area contributed by atoms with Crippen LogP contribution in [0.2, 0.25) is 10.0 Å². The largest absolute Gasteiger partial charge is 0.323 e. The summed E-state index contributed by atoms with van der Waals surface area (Å²) in [6.45, 7) is 4.41. The molecule has 1 aromatic rings. The van der Waals surface area contributed by atoms with Gasteiger partial charge in [0, 0.05) is 24.8 Å². The zero-order chi connectivity index (χ0) is 14.5. The van der Waals surface area contributed by atoms with Gasteiger partial charge in [0.2, 0.25) is 0 Å². The second-order valence-corrected chi connectivity index (χ2v) is 5.71. The van der Waals surface area contributed by atoms with Crippen LogP contribution < -0.4 is 10.6 Å². The van der Waals surface area contributed by atoms with E-state index >= 15 is 0 Å². The Morgan fingerprint density at radius 3 is 2.85 bits per heavy atom. The molecule has 1 heterocycles. The summed E-state index contributed by atoms with van der Waals surface area (Å²) in [4.78, 5) is 14.0. The lowest BCUT2D eigenvalue weighted by Gasteiger charge is -2.24. The fraction of sp³-hybridized carbons (Fsp3) is 0.500. The summed E-state index contributed by atoms with van der Waals surface area (Å²) in [5, 5.41) is 7.16. The van der Waals surface area contributed by atoms with Gasteiger partial charge in [0.05, 0.1) is 10.0 Å². The molecular formula is C14H19Cl2N3O. The number of benzene rings is 1. The summed E-state index contributed by atoms with van der Waals surface area (Å²) >= 11 is 11.8. The summed E-state index contributed by atoms with van der Waals surface area (Å²) in [6, 6.07) is 5.36. The minimum atomic E-state index is -0.111. The van der Waals surface area contributed by atoms with Crippen LogP contribution in [-0.2, 0) is 0 Å². The molecule has 0 radical (unpaired) electrons. The third kappa shape index (κ3) is 4.01. The number of nitrogens with one attached hydrogen (secondary N) is 2. The van der Waals surface area contributed by atoms with E-state index in [0.29, 0.717) is 28.3 Å². The van der Waals surface area contributed by atoms with E-state index in [0.717, 1.165) is 19.5 Å². The van der Waals surface area contributed by atoms with Gasteiger partial charge < -0.3 is 15.5 Å². The molecule has 2 N–H and O–H groups in total. The van der Waals surface area contributed by atoms with Crippen LogP contribution in [0.1, 0.15) is 19.8 Å². The van der Waals surface area contributed by atoms with Crippen LogP contribution in [0, 0.1) is 0 Å². The van der Waals surface area contributed by atoms with E-state index in [2.05, 4.69) is 10.6 Å². The summed E-state index contributed by atoms with van der Waals surface area (Å²) in [6.07, 6.45) is 2.30. The standard InChI is InChI=1S/C14H19Cl2N3O/c1-2-19(9-11-4-3-7-17-11)14(20)18-10-5-6-12(15)13(16)8-10/h5-6,8,11,17H,2-4,7,9H2,1H3,(H,18,20). The molecule has 110 valence electrons. The van der Waals surface area contributed by atoms with Crippen LogP contribution in [0.15, 0.2) is 18.2 Å². The SMILES string of the molecule is CCN(CC1CCCN1)C(=O)Nc1ccc(Cl)c(Cl)c1. The van der Waals surface area contributed by atoms with E-state index in [-0.39, 0.29) is 6.03 Å². The number of likely N-dealkylation sites (N-methyl/N-ethyl adjacent to an activating group) is 1. The van der Waals surface area contributed by atoms with E-state index in [4.69, 9.17) is 23.2 Å². The lowest BCUT2D eigenvalue weighted by atomic mass is 10.2. The van der Waals surface area contributed by atoms with Crippen molar-refractivity contribution in [2.45, 2.75) is 25.8 Å². The Morgan fingerprint density at radius 1 is 1.45 bits per heavy atom. The Kier molecular flexibility index (Phi) is 5.52. The first-order valence-corrected chi connectivity index (χ1v) is 7.60. The van der Waals surface area contributed by atoms with Crippen molar-refractivity contribution in [3.63, 3.8) is 0 Å². The molecule has 0 saturated carbocycles. The molecule has 1 atom stereocenters. The van der Waals surface area contributed by atoms with Crippen LogP contribution in [0.25, 0.3) is 0 Å². The van der Waals surface area contributed by atoms with Gasteiger partial charge in [-0.2, -0.15) is 0 Å². The Hall–Kier alpha value is -0.970. The summed E-state index contributed by atoms with van der Waals surface area (Å²) in [5.74, 6) is 0. The molecule has 6 heteroatoms. The van der Waals surface area contributed by atoms with Gasteiger partial charge in [-0.15, -0.1) is 0 Å². The molecule has 4 nitrogen and oxygen atoms in total. The van der Waals surface area contributed by atoms with E-state index < -0.39 is 0 Å². The van der Waals surface area contributed by atoms with Crippen molar-refractivity contribution in [2.75, 3.05) is 25.0 Å². The molecule has 0 aromatic heterocycles. The van der Waals surface area contributed by atoms with Gasteiger partial charge >= 0.3 is 6.03 Å². The van der Waals surface area contributed by atoms with E-state index in [1.165, 1.54) is 6.42 Å². The third-order valence-electron chi connectivity index (χ3n) is 3.44. The molecule has 2 amide bonds. The summed E-state index contributed by atoms with van der Waals surface area (Å²) < 4.78 is 0. The first-order chi connectivity index (χ1) is 9.60. The van der Waals surface area contributed by atoms with E-state index in [1.54, 1.807) is 23.1 Å². The highest BCUT2D eigenvalue weighted by atomic mass is 35.5. The van der Waals surface area contributed by atoms with Gasteiger partial charge in [-0.1, -0.05) is 23.2 Å². The second kappa shape index (κ2) is 7.16. The van der Waals surface area contributed by atoms with Gasteiger partial charge in [0.1, 0.15) is 0 Å². The Morgan fingerprint density at radius 2 is 2.25 bits per heavy atom. The Bertz CT molecular complexity index is 475. The van der Waals surface area contributed by atoms with Crippen molar-refractivity contribution in [3.05, 3.63) is 28.2 Å². The second-order valence-electron chi connectivity index (χ2n) is 4.89. The Labute approximate surface area is 129 Å². The minimum Gasteiger partial charge on any atom is -0.323 e. The van der Waals surface area contributed by atoms with Crippen LogP contribution in [0.4, 0.5) is 10.5 Å². The number of urea groups is 1. The maximum atomic E-state index is 12.2. The molecule has 1 aliphatic rings. The zero-order valence-corrected chi connectivity index (χ0v) is 13.0. The fourth-order valence-electron chi connectivity index (χ4n) is 2.31. The zero-order valence-electron chi connectivity index (χ0n) is 11.5. The van der Waals surface area contributed by atoms with Gasteiger partial charge in [-0.05, 0) is 44.5 Å². The smallest absolute Gasteiger partial charge is 0.321 e. The quantitative estimate of drug-likeness (QED) is 0.891. The minimum absolute atomic E-state index is 0.111. The number of nitrogens with zero attached hydrogens (tertiary/aromatic N) is 1. The third-order valence-corrected chi connectivity index (χ3v) is 4.18. The average molecular weight is 316 g/mol. The monoisotopic (exact) mass is 315 g/mol. The molecule has 1 aromatic carbocycles. The van der Waals surface area contributed by atoms with Crippen LogP contribution in [0.5, 0.6) is 0 Å². The highest BCUT2D eigenvalue weighted by molar-refractivity contribution is 6.42. The maximum Gasteiger partial charge on any atom is 0.321 e. The number of hydrogen-bond donors (Lipinski definition) is 2. The number of anilines is 1. The number of hydrogen-bond acceptors (Lipinski definition) is 2. The first-order valence-electron chi connectivity index (χ1n) is 6.84. The highest BCUT2D eigenvalue weighted by Gasteiger charge is 2.20. The van der Waals surface area contributed by atoms with Gasteiger partial charge in [-0.3, -0.25) is 0 Å². The highest BCUT2D eigenvalue weighted by Crippen LogP contribution is 2.25. The Balaban J connectivity index is 1.95. The number of carbonyl (C=O) groups is 1. The van der Waals surface area contributed by atoms with Crippen molar-refractivity contribution in [3.8, 4) is 0 Å². The molecule has 20 heavy (non-hydrogen) atoms. The molecule has 2 rings (SSSR count). The number of halogens is 2. The number of carbonyl (C=O) groups excluding carboxylic acids is 1. The van der Waals surface area contributed by atoms with Crippen LogP contribution in [-0.4, -0.2) is 36.6 Å². The first kappa shape index (κ1) is 15.4. The fourth-order valence-corrected chi connectivity index (χ4v) is 2.61. The summed E-state index contributed by atoms with van der Waals surface area (Å²) in [7, 11) is 0. The van der Waals surface area contributed by atoms with Crippen LogP contribution >= 0.6 is 23.2 Å². The molecule has 0 spiro atoms. The van der Waals surface area contributed by atoms with Gasteiger partial charge in [-0.25, -0.2) is 4.79 Å². The molecule has 1 fully saturated rings. The van der Waals surface area contributed by atoms with Crippen molar-refractivity contribution in [1.82, 2.24) is 10.2 Å². The van der Waals surface area contributed by atoms with Gasteiger partial charge in [0.25, 0.3) is 0 Å². The predicted molar refractivity (Wildman–Crippen MR) is 83.8 cm³/mol. The summed E-state index contributed by atoms with van der Waals surface area (Å²) in [5.41, 5.74) is 0.655. The topological polar surface area (TPSA) is 44.4 Å². The molecule has 1 aliphatic heterocycles. The molecule has 0 aliphatic carbocycles. The lowest BCUT2D eigenvalue weighted by Crippen LogP contribution is -2.43. The number of amides is 2. The van der Waals surface area contributed by atoms with Crippen LogP contribution in [0.3, 0.4) is 0 Å². The predicted octanol–water partition coefficient (Wildman–Crippen LogP) is 3.60. The maximum absolute atomic E-state index is 12.2. The van der Waals surface area contributed by atoms with Gasteiger partial charge in [0.15, 0.2) is 0 Å². The van der Waals surface area contributed by atoms with E-state index in [1.807, 2.05) is 6.92 Å². The van der Waals surface area contributed by atoms with Crippen molar-refractivity contribution < 1.29 is 4.79 Å². The lowest BCUT2D eigenvalue weighted by molar-refractivity contribution is 0.209. The molecule has 0 bridgehead atoms. The van der Waals surface area contributed by atoms with Crippen molar-refractivity contribution in [2.24, 2.45) is 0 Å². The normalized spacial score (nSPS) is 18.1. The van der Waals surface area contributed by atoms with Crippen molar-refractivity contribution in [1.29, 1.82) is 0 Å². The van der Waals surface area contributed by atoms with E-state index in [9.17, 15) is 4.79 Å².